The van der Waals surface area contributed by atoms with Crippen LogP contribution >= 0.6 is 15.9 Å². The summed E-state index contributed by atoms with van der Waals surface area (Å²) in [7, 11) is -3.73. The number of hydrogen-bond donors (Lipinski definition) is 2. The van der Waals surface area contributed by atoms with E-state index in [9.17, 15) is 8.42 Å². The highest BCUT2D eigenvalue weighted by molar-refractivity contribution is 9.10. The minimum atomic E-state index is -3.73. The lowest BCUT2D eigenvalue weighted by Crippen LogP contribution is -2.11. The monoisotopic (exact) mass is 454 g/mol. The van der Waals surface area contributed by atoms with Gasteiger partial charge in [0, 0.05) is 21.1 Å². The van der Waals surface area contributed by atoms with Crippen LogP contribution in [0, 0.1) is 0 Å². The number of fused-ring (bicyclic) bond motifs is 1. The molecule has 3 aromatic carbocycles. The van der Waals surface area contributed by atoms with E-state index in [0.717, 1.165) is 26.6 Å². The van der Waals surface area contributed by atoms with E-state index in [-0.39, 0.29) is 4.90 Å². The van der Waals surface area contributed by atoms with Gasteiger partial charge in [-0.3, -0.25) is 0 Å². The van der Waals surface area contributed by atoms with Crippen molar-refractivity contribution in [1.29, 1.82) is 0 Å². The van der Waals surface area contributed by atoms with Crippen LogP contribution in [0.25, 0.3) is 22.2 Å². The van der Waals surface area contributed by atoms with Gasteiger partial charge in [0.2, 0.25) is 16.0 Å². The van der Waals surface area contributed by atoms with Crippen molar-refractivity contribution in [2.75, 3.05) is 5.32 Å². The third-order valence-electron chi connectivity index (χ3n) is 4.14. The lowest BCUT2D eigenvalue weighted by molar-refractivity contribution is 0.598. The SMILES string of the molecule is NS(=O)(=O)c1ccc(Nc2nc(-c3ccccc3)c3cc(Br)ccc3n2)cc1. The molecule has 0 aliphatic carbocycles. The van der Waals surface area contributed by atoms with Crippen molar-refractivity contribution in [1.82, 2.24) is 9.97 Å². The second-order valence-corrected chi connectivity index (χ2v) is 8.59. The highest BCUT2D eigenvalue weighted by atomic mass is 79.9. The molecular formula is C20H15BrN4O2S. The van der Waals surface area contributed by atoms with Crippen molar-refractivity contribution in [3.8, 4) is 11.3 Å². The molecule has 0 bridgehead atoms. The molecule has 3 N–H and O–H groups in total. The Balaban J connectivity index is 1.79. The van der Waals surface area contributed by atoms with Crippen LogP contribution in [0.2, 0.25) is 0 Å². The van der Waals surface area contributed by atoms with Crippen LogP contribution in [0.1, 0.15) is 0 Å². The van der Waals surface area contributed by atoms with Gasteiger partial charge in [-0.1, -0.05) is 46.3 Å². The minimum absolute atomic E-state index is 0.0484. The van der Waals surface area contributed by atoms with E-state index >= 15 is 0 Å². The summed E-state index contributed by atoms with van der Waals surface area (Å²) in [6, 6.07) is 21.8. The number of benzene rings is 3. The largest absolute Gasteiger partial charge is 0.324 e. The fourth-order valence-electron chi connectivity index (χ4n) is 2.83. The Kier molecular flexibility index (Phi) is 4.84. The van der Waals surface area contributed by atoms with Crippen molar-refractivity contribution in [2.24, 2.45) is 5.14 Å². The number of nitrogens with two attached hydrogens (primary N) is 1. The summed E-state index contributed by atoms with van der Waals surface area (Å²) >= 11 is 3.50. The molecule has 1 heterocycles. The first-order valence-corrected chi connectivity index (χ1v) is 10.7. The zero-order chi connectivity index (χ0) is 19.7. The molecule has 1 aromatic heterocycles. The average Bonchev–Trinajstić information content (AvgIpc) is 2.68. The average molecular weight is 455 g/mol. The Morgan fingerprint density at radius 2 is 1.61 bits per heavy atom. The van der Waals surface area contributed by atoms with E-state index in [1.807, 2.05) is 48.5 Å². The molecule has 0 saturated heterocycles. The Morgan fingerprint density at radius 1 is 0.893 bits per heavy atom. The topological polar surface area (TPSA) is 98.0 Å². The standard InChI is InChI=1S/C20H15BrN4O2S/c21-14-6-11-18-17(12-14)19(13-4-2-1-3-5-13)25-20(24-18)23-15-7-9-16(10-8-15)28(22,26)27/h1-12H,(H2,22,26,27)(H,23,24,25). The van der Waals surface area contributed by atoms with Gasteiger partial charge in [-0.15, -0.1) is 0 Å². The molecule has 0 saturated carbocycles. The fraction of sp³-hybridized carbons (Fsp3) is 0. The molecule has 28 heavy (non-hydrogen) atoms. The number of nitrogens with one attached hydrogen (secondary N) is 1. The zero-order valence-electron chi connectivity index (χ0n) is 14.5. The highest BCUT2D eigenvalue weighted by Gasteiger charge is 2.12. The molecule has 0 fully saturated rings. The molecule has 6 nitrogen and oxygen atoms in total. The Labute approximate surface area is 170 Å². The first-order valence-electron chi connectivity index (χ1n) is 8.33. The quantitative estimate of drug-likeness (QED) is 0.474. The number of anilines is 2. The molecule has 140 valence electrons. The van der Waals surface area contributed by atoms with Gasteiger partial charge < -0.3 is 5.32 Å². The number of hydrogen-bond acceptors (Lipinski definition) is 5. The number of sulfonamides is 1. The van der Waals surface area contributed by atoms with Crippen LogP contribution in [0.3, 0.4) is 0 Å². The predicted octanol–water partition coefficient (Wildman–Crippen LogP) is 4.45. The molecular weight excluding hydrogens is 440 g/mol. The van der Waals surface area contributed by atoms with Gasteiger partial charge >= 0.3 is 0 Å². The van der Waals surface area contributed by atoms with Crippen molar-refractivity contribution in [2.45, 2.75) is 4.90 Å². The molecule has 0 aliphatic rings. The molecule has 0 radical (unpaired) electrons. The number of nitrogens with zero attached hydrogens (tertiary/aromatic N) is 2. The predicted molar refractivity (Wildman–Crippen MR) is 114 cm³/mol. The molecule has 4 rings (SSSR count). The van der Waals surface area contributed by atoms with E-state index in [4.69, 9.17) is 10.1 Å². The third-order valence-corrected chi connectivity index (χ3v) is 5.57. The van der Waals surface area contributed by atoms with Crippen LogP contribution in [-0.4, -0.2) is 18.4 Å². The summed E-state index contributed by atoms with van der Waals surface area (Å²) in [5.41, 5.74) is 3.22. The van der Waals surface area contributed by atoms with Crippen molar-refractivity contribution in [3.05, 3.63) is 77.3 Å². The van der Waals surface area contributed by atoms with Crippen LogP contribution in [-0.2, 0) is 10.0 Å². The van der Waals surface area contributed by atoms with E-state index in [1.165, 1.54) is 12.1 Å². The molecule has 8 heteroatoms. The normalized spacial score (nSPS) is 11.5. The molecule has 0 spiro atoms. The van der Waals surface area contributed by atoms with Crippen molar-refractivity contribution in [3.63, 3.8) is 0 Å². The fourth-order valence-corrected chi connectivity index (χ4v) is 3.71. The van der Waals surface area contributed by atoms with Crippen LogP contribution in [0.15, 0.2) is 82.2 Å². The Bertz CT molecular complexity index is 1260. The van der Waals surface area contributed by atoms with Gasteiger partial charge in [0.1, 0.15) is 0 Å². The second-order valence-electron chi connectivity index (χ2n) is 6.12. The van der Waals surface area contributed by atoms with Crippen LogP contribution in [0.5, 0.6) is 0 Å². The summed E-state index contributed by atoms with van der Waals surface area (Å²) in [5.74, 6) is 0.414. The van der Waals surface area contributed by atoms with Gasteiger partial charge in [0.05, 0.1) is 16.1 Å². The van der Waals surface area contributed by atoms with Gasteiger partial charge in [0.25, 0.3) is 0 Å². The van der Waals surface area contributed by atoms with Crippen molar-refractivity contribution >= 4 is 48.5 Å². The molecule has 0 aliphatic heterocycles. The van der Waals surface area contributed by atoms with Crippen LogP contribution in [0.4, 0.5) is 11.6 Å². The van der Waals surface area contributed by atoms with E-state index < -0.39 is 10.0 Å². The van der Waals surface area contributed by atoms with E-state index in [2.05, 4.69) is 26.2 Å². The first kappa shape index (κ1) is 18.5. The van der Waals surface area contributed by atoms with Gasteiger partial charge in [-0.2, -0.15) is 0 Å². The maximum absolute atomic E-state index is 11.4. The van der Waals surface area contributed by atoms with Crippen molar-refractivity contribution < 1.29 is 8.42 Å². The smallest absolute Gasteiger partial charge is 0.238 e. The number of primary sulfonamides is 1. The highest BCUT2D eigenvalue weighted by Crippen LogP contribution is 2.30. The number of halogens is 1. The molecule has 4 aromatic rings. The Hall–Kier alpha value is -2.81. The lowest BCUT2D eigenvalue weighted by Gasteiger charge is -2.11. The summed E-state index contributed by atoms with van der Waals surface area (Å²) in [6.07, 6.45) is 0. The lowest BCUT2D eigenvalue weighted by atomic mass is 10.1. The van der Waals surface area contributed by atoms with Gasteiger partial charge in [0.15, 0.2) is 0 Å². The van der Waals surface area contributed by atoms with Gasteiger partial charge in [-0.05, 0) is 42.5 Å². The van der Waals surface area contributed by atoms with Gasteiger partial charge in [-0.25, -0.2) is 23.5 Å². The third kappa shape index (κ3) is 3.89. The maximum Gasteiger partial charge on any atom is 0.238 e. The van der Waals surface area contributed by atoms with Crippen LogP contribution < -0.4 is 10.5 Å². The summed E-state index contributed by atoms with van der Waals surface area (Å²) < 4.78 is 23.8. The molecule has 0 unspecified atom stereocenters. The first-order chi connectivity index (χ1) is 13.4. The summed E-state index contributed by atoms with van der Waals surface area (Å²) in [5, 5.41) is 9.20. The molecule has 0 atom stereocenters. The summed E-state index contributed by atoms with van der Waals surface area (Å²) in [4.78, 5) is 9.32. The minimum Gasteiger partial charge on any atom is -0.324 e. The molecule has 0 amide bonds. The Morgan fingerprint density at radius 3 is 2.29 bits per heavy atom. The van der Waals surface area contributed by atoms with E-state index in [1.54, 1.807) is 12.1 Å². The zero-order valence-corrected chi connectivity index (χ0v) is 16.9. The number of aromatic nitrogens is 2. The second kappa shape index (κ2) is 7.31. The number of rotatable bonds is 4. The van der Waals surface area contributed by atoms with E-state index in [0.29, 0.717) is 11.6 Å². The summed E-state index contributed by atoms with van der Waals surface area (Å²) in [6.45, 7) is 0. The maximum atomic E-state index is 11.4.